The maximum atomic E-state index is 12.8. The molecule has 1 unspecified atom stereocenters. The van der Waals surface area contributed by atoms with Crippen molar-refractivity contribution < 1.29 is 37.3 Å². The molecule has 0 radical (unpaired) electrons. The number of carboxylic acids is 1. The fourth-order valence-corrected chi connectivity index (χ4v) is 3.88. The summed E-state index contributed by atoms with van der Waals surface area (Å²) in [5.74, 6) is -2.80. The molecule has 0 aromatic heterocycles. The van der Waals surface area contributed by atoms with Gasteiger partial charge in [0.05, 0.1) is 11.5 Å². The van der Waals surface area contributed by atoms with Gasteiger partial charge < -0.3 is 19.3 Å². The minimum Gasteiger partial charge on any atom is -0.478 e. The first-order valence-corrected chi connectivity index (χ1v) is 10.4. The van der Waals surface area contributed by atoms with E-state index in [9.17, 15) is 23.1 Å². The molecule has 0 aliphatic heterocycles. The maximum Gasteiger partial charge on any atom is 0.361 e. The number of carbonyl (C=O) groups is 2. The minimum absolute atomic E-state index is 0.0880. The monoisotopic (exact) mass is 462 g/mol. The molecule has 0 aliphatic carbocycles. The third kappa shape index (κ3) is 5.99. The number of rotatable bonds is 9. The van der Waals surface area contributed by atoms with Crippen LogP contribution in [0, 0.1) is 0 Å². The Morgan fingerprint density at radius 2 is 1.76 bits per heavy atom. The molecule has 29 heavy (non-hydrogen) atoms. The van der Waals surface area contributed by atoms with E-state index in [4.69, 9.17) is 37.4 Å². The fraction of sp³-hybridized carbons (Fsp3) is 0.222. The van der Waals surface area contributed by atoms with Crippen LogP contribution in [0.1, 0.15) is 6.92 Å². The standard InChI is InChI=1S/C18H16Cl2O8S/c1-2-26-16(21)10-27-14-7-6-12(20)9-15(14)28-18(17(22)23)29(24,25)13-5-3-4-11(19)8-13/h3-9,18H,2,10H2,1H3,(H,22,23). The average molecular weight is 463 g/mol. The lowest BCUT2D eigenvalue weighted by atomic mass is 10.3. The van der Waals surface area contributed by atoms with Crippen molar-refractivity contribution in [2.45, 2.75) is 17.3 Å². The quantitative estimate of drug-likeness (QED) is 0.564. The maximum absolute atomic E-state index is 12.8. The number of benzene rings is 2. The summed E-state index contributed by atoms with van der Waals surface area (Å²) in [6.45, 7) is 1.27. The van der Waals surface area contributed by atoms with Crippen LogP contribution in [0.5, 0.6) is 11.5 Å². The van der Waals surface area contributed by atoms with Crippen molar-refractivity contribution in [3.05, 3.63) is 52.5 Å². The third-order valence-corrected chi connectivity index (χ3v) is 5.64. The SMILES string of the molecule is CCOC(=O)COc1ccc(Cl)cc1OC(C(=O)O)S(=O)(=O)c1cccc(Cl)c1. The lowest BCUT2D eigenvalue weighted by Crippen LogP contribution is -2.36. The predicted octanol–water partition coefficient (Wildman–Crippen LogP) is 3.20. The molecule has 0 aliphatic rings. The molecule has 0 bridgehead atoms. The summed E-state index contributed by atoms with van der Waals surface area (Å²) >= 11 is 11.7. The van der Waals surface area contributed by atoms with Gasteiger partial charge in [-0.2, -0.15) is 0 Å². The van der Waals surface area contributed by atoms with E-state index in [1.165, 1.54) is 36.4 Å². The molecule has 1 N–H and O–H groups in total. The second-order valence-electron chi connectivity index (χ2n) is 5.48. The van der Waals surface area contributed by atoms with E-state index in [0.29, 0.717) is 0 Å². The highest BCUT2D eigenvalue weighted by atomic mass is 35.5. The van der Waals surface area contributed by atoms with Crippen molar-refractivity contribution in [2.75, 3.05) is 13.2 Å². The van der Waals surface area contributed by atoms with Crippen LogP contribution in [0.15, 0.2) is 47.4 Å². The smallest absolute Gasteiger partial charge is 0.361 e. The van der Waals surface area contributed by atoms with Crippen LogP contribution in [0.3, 0.4) is 0 Å². The number of carboxylic acid groups (broad SMARTS) is 1. The number of halogens is 2. The van der Waals surface area contributed by atoms with E-state index in [1.54, 1.807) is 6.92 Å². The molecule has 0 saturated carbocycles. The van der Waals surface area contributed by atoms with Gasteiger partial charge in [-0.05, 0) is 37.3 Å². The van der Waals surface area contributed by atoms with Crippen molar-refractivity contribution in [3.8, 4) is 11.5 Å². The van der Waals surface area contributed by atoms with E-state index in [2.05, 4.69) is 0 Å². The average Bonchev–Trinajstić information content (AvgIpc) is 2.65. The summed E-state index contributed by atoms with van der Waals surface area (Å²) in [5, 5.41) is 9.70. The predicted molar refractivity (Wildman–Crippen MR) is 104 cm³/mol. The van der Waals surface area contributed by atoms with Gasteiger partial charge in [0.2, 0.25) is 9.84 Å². The topological polar surface area (TPSA) is 116 Å². The minimum atomic E-state index is -4.49. The summed E-state index contributed by atoms with van der Waals surface area (Å²) in [6, 6.07) is 8.98. The van der Waals surface area contributed by atoms with Crippen molar-refractivity contribution in [3.63, 3.8) is 0 Å². The number of hydrogen-bond donors (Lipinski definition) is 1. The summed E-state index contributed by atoms with van der Waals surface area (Å²) in [6.07, 6.45) is 0. The summed E-state index contributed by atoms with van der Waals surface area (Å²) in [4.78, 5) is 22.8. The van der Waals surface area contributed by atoms with Crippen molar-refractivity contribution in [2.24, 2.45) is 0 Å². The van der Waals surface area contributed by atoms with Gasteiger partial charge in [0.25, 0.3) is 5.44 Å². The second kappa shape index (κ2) is 9.82. The summed E-state index contributed by atoms with van der Waals surface area (Å²) < 4.78 is 40.8. The Balaban J connectivity index is 2.36. The van der Waals surface area contributed by atoms with E-state index in [0.717, 1.165) is 6.07 Å². The Hall–Kier alpha value is -2.49. The molecule has 2 rings (SSSR count). The Morgan fingerprint density at radius 3 is 2.38 bits per heavy atom. The highest BCUT2D eigenvalue weighted by molar-refractivity contribution is 7.92. The second-order valence-corrected chi connectivity index (χ2v) is 8.34. The highest BCUT2D eigenvalue weighted by Gasteiger charge is 2.37. The largest absolute Gasteiger partial charge is 0.478 e. The van der Waals surface area contributed by atoms with Gasteiger partial charge in [-0.3, -0.25) is 0 Å². The normalized spacial score (nSPS) is 12.1. The van der Waals surface area contributed by atoms with Crippen LogP contribution in [0.25, 0.3) is 0 Å². The van der Waals surface area contributed by atoms with Crippen LogP contribution in [0.2, 0.25) is 10.0 Å². The fourth-order valence-electron chi connectivity index (χ4n) is 2.16. The molecule has 156 valence electrons. The molecule has 0 spiro atoms. The van der Waals surface area contributed by atoms with Gasteiger partial charge in [0, 0.05) is 16.1 Å². The number of hydrogen-bond acceptors (Lipinski definition) is 7. The van der Waals surface area contributed by atoms with Crippen LogP contribution in [0.4, 0.5) is 0 Å². The molecule has 8 nitrogen and oxygen atoms in total. The van der Waals surface area contributed by atoms with Crippen LogP contribution in [-0.4, -0.2) is 44.1 Å². The van der Waals surface area contributed by atoms with E-state index in [1.807, 2.05) is 0 Å². The molecular weight excluding hydrogens is 447 g/mol. The Bertz CT molecular complexity index is 1010. The molecular formula is C18H16Cl2O8S. The zero-order valence-electron chi connectivity index (χ0n) is 15.0. The van der Waals surface area contributed by atoms with Crippen molar-refractivity contribution >= 4 is 45.0 Å². The molecule has 2 aromatic carbocycles. The number of carbonyl (C=O) groups excluding carboxylic acids is 1. The van der Waals surface area contributed by atoms with Gasteiger partial charge >= 0.3 is 11.9 Å². The zero-order valence-corrected chi connectivity index (χ0v) is 17.3. The number of esters is 1. The molecule has 0 amide bonds. The van der Waals surface area contributed by atoms with E-state index >= 15 is 0 Å². The van der Waals surface area contributed by atoms with E-state index < -0.39 is 33.8 Å². The van der Waals surface area contributed by atoms with Crippen molar-refractivity contribution in [1.29, 1.82) is 0 Å². The molecule has 11 heteroatoms. The van der Waals surface area contributed by atoms with Gasteiger partial charge in [-0.1, -0.05) is 29.3 Å². The van der Waals surface area contributed by atoms with Gasteiger partial charge in [-0.25, -0.2) is 18.0 Å². The number of sulfone groups is 1. The van der Waals surface area contributed by atoms with E-state index in [-0.39, 0.29) is 33.0 Å². The molecule has 0 heterocycles. The lowest BCUT2D eigenvalue weighted by molar-refractivity contribution is -0.145. The number of ether oxygens (including phenoxy) is 3. The van der Waals surface area contributed by atoms with Gasteiger partial charge in [0.15, 0.2) is 18.1 Å². The highest BCUT2D eigenvalue weighted by Crippen LogP contribution is 2.33. The zero-order chi connectivity index (χ0) is 21.6. The van der Waals surface area contributed by atoms with Crippen LogP contribution < -0.4 is 9.47 Å². The molecule has 0 saturated heterocycles. The first-order chi connectivity index (χ1) is 13.6. The van der Waals surface area contributed by atoms with Crippen molar-refractivity contribution in [1.82, 2.24) is 0 Å². The van der Waals surface area contributed by atoms with Crippen LogP contribution >= 0.6 is 23.2 Å². The van der Waals surface area contributed by atoms with Gasteiger partial charge in [-0.15, -0.1) is 0 Å². The first-order valence-electron chi connectivity index (χ1n) is 8.12. The molecule has 1 atom stereocenters. The number of aliphatic carboxylic acids is 1. The molecule has 2 aromatic rings. The molecule has 0 fully saturated rings. The summed E-state index contributed by atoms with van der Waals surface area (Å²) in [5.41, 5.74) is -2.32. The Morgan fingerprint density at radius 1 is 1.07 bits per heavy atom. The Labute approximate surface area is 176 Å². The first kappa shape index (κ1) is 22.8. The third-order valence-electron chi connectivity index (χ3n) is 3.40. The van der Waals surface area contributed by atoms with Gasteiger partial charge in [0.1, 0.15) is 0 Å². The lowest BCUT2D eigenvalue weighted by Gasteiger charge is -2.18. The Kier molecular flexibility index (Phi) is 7.72. The summed E-state index contributed by atoms with van der Waals surface area (Å²) in [7, 11) is -4.49. The van der Waals surface area contributed by atoms with Crippen LogP contribution in [-0.2, 0) is 24.2 Å².